The average Bonchev–Trinajstić information content (AvgIpc) is 2.95. The fraction of sp³-hybridized carbons (Fsp3) is 0.828. The first kappa shape index (κ1) is 38.6. The Kier molecular flexibility index (Phi) is 21.2. The highest BCUT2D eigenvalue weighted by molar-refractivity contribution is 7.80. The van der Waals surface area contributed by atoms with Gasteiger partial charge >= 0.3 is 16.4 Å². The van der Waals surface area contributed by atoms with E-state index < -0.39 is 59.8 Å². The van der Waals surface area contributed by atoms with Crippen LogP contribution in [0.3, 0.4) is 0 Å². The molecule has 0 radical (unpaired) electrons. The molecular formula is C29H52O12S. The summed E-state index contributed by atoms with van der Waals surface area (Å²) in [7, 11) is -5.04. The van der Waals surface area contributed by atoms with E-state index in [1.54, 1.807) is 6.92 Å². The van der Waals surface area contributed by atoms with Gasteiger partial charge < -0.3 is 34.3 Å². The van der Waals surface area contributed by atoms with Gasteiger partial charge in [0.15, 0.2) is 6.29 Å². The summed E-state index contributed by atoms with van der Waals surface area (Å²) in [5.41, 5.74) is 0. The molecular weight excluding hydrogens is 572 g/mol. The first-order valence-corrected chi connectivity index (χ1v) is 16.5. The Balaban J connectivity index is 2.33. The Labute approximate surface area is 251 Å². The summed E-state index contributed by atoms with van der Waals surface area (Å²) < 4.78 is 57.4. The molecule has 246 valence electrons. The summed E-state index contributed by atoms with van der Waals surface area (Å²) in [6.07, 6.45) is 12.1. The highest BCUT2D eigenvalue weighted by Crippen LogP contribution is 2.25. The van der Waals surface area contributed by atoms with Gasteiger partial charge in [-0.25, -0.2) is 4.18 Å². The SMILES string of the molecule is CCCC/C=C\C/C=C\CCCCCCCCOCC(COC1OC(CO)C(O)C(OS(=O)(=O)O)C1O)OC(=O)CC. The largest absolute Gasteiger partial charge is 0.457 e. The molecule has 12 nitrogen and oxygen atoms in total. The molecule has 0 bridgehead atoms. The van der Waals surface area contributed by atoms with Crippen LogP contribution in [0.15, 0.2) is 24.3 Å². The topological polar surface area (TPSA) is 178 Å². The number of rotatable bonds is 24. The number of hydrogen-bond acceptors (Lipinski definition) is 11. The number of carbonyl (C=O) groups is 1. The lowest BCUT2D eigenvalue weighted by Crippen LogP contribution is -2.60. The Bertz CT molecular complexity index is 863. The average molecular weight is 625 g/mol. The standard InChI is InChI=1S/C29H52O12S/c1-3-5-6-7-8-9-10-11-12-13-14-15-16-17-18-19-37-21-23(39-25(31)4-2)22-38-29-27(33)28(41-42(34,35)36)26(32)24(20-30)40-29/h7-8,10-11,23-24,26-30,32-33H,3-6,9,12-22H2,1-2H3,(H,34,35,36)/b8-7-,11-10-. The lowest BCUT2D eigenvalue weighted by molar-refractivity contribution is -0.301. The van der Waals surface area contributed by atoms with Gasteiger partial charge in [0.05, 0.1) is 19.8 Å². The molecule has 1 aliphatic rings. The molecule has 1 rings (SSSR count). The molecule has 0 amide bonds. The lowest BCUT2D eigenvalue weighted by atomic mass is 9.99. The number of allylic oxidation sites excluding steroid dienone is 4. The van der Waals surface area contributed by atoms with Crippen LogP contribution in [0.1, 0.15) is 90.9 Å². The summed E-state index contributed by atoms with van der Waals surface area (Å²) >= 11 is 0. The Morgan fingerprint density at radius 3 is 2.17 bits per heavy atom. The first-order chi connectivity index (χ1) is 20.1. The van der Waals surface area contributed by atoms with E-state index in [-0.39, 0.29) is 19.6 Å². The van der Waals surface area contributed by atoms with Gasteiger partial charge in [-0.2, -0.15) is 8.42 Å². The molecule has 1 fully saturated rings. The molecule has 6 atom stereocenters. The van der Waals surface area contributed by atoms with Gasteiger partial charge in [-0.3, -0.25) is 9.35 Å². The second-order valence-electron chi connectivity index (χ2n) is 10.3. The number of aliphatic hydroxyl groups excluding tert-OH is 3. The number of aliphatic hydroxyl groups is 3. The molecule has 42 heavy (non-hydrogen) atoms. The van der Waals surface area contributed by atoms with E-state index in [9.17, 15) is 28.5 Å². The van der Waals surface area contributed by atoms with Gasteiger partial charge in [0.25, 0.3) is 0 Å². The van der Waals surface area contributed by atoms with Crippen molar-refractivity contribution in [1.82, 2.24) is 0 Å². The first-order valence-electron chi connectivity index (χ1n) is 15.1. The number of unbranched alkanes of at least 4 members (excludes halogenated alkanes) is 8. The number of hydrogen-bond donors (Lipinski definition) is 4. The number of carbonyl (C=O) groups excluding carboxylic acids is 1. The zero-order valence-electron chi connectivity index (χ0n) is 25.1. The highest BCUT2D eigenvalue weighted by atomic mass is 32.3. The van der Waals surface area contributed by atoms with Crippen molar-refractivity contribution < 1.29 is 56.2 Å². The summed E-state index contributed by atoms with van der Waals surface area (Å²) in [6, 6.07) is 0. The summed E-state index contributed by atoms with van der Waals surface area (Å²) in [4.78, 5) is 11.9. The molecule has 0 spiro atoms. The van der Waals surface area contributed by atoms with Crippen LogP contribution >= 0.6 is 0 Å². The van der Waals surface area contributed by atoms with Crippen molar-refractivity contribution in [2.45, 2.75) is 128 Å². The van der Waals surface area contributed by atoms with Crippen molar-refractivity contribution in [1.29, 1.82) is 0 Å². The van der Waals surface area contributed by atoms with Crippen molar-refractivity contribution in [3.63, 3.8) is 0 Å². The minimum atomic E-state index is -5.04. The Hall–Kier alpha value is -1.42. The smallest absolute Gasteiger partial charge is 0.397 e. The second-order valence-corrected chi connectivity index (χ2v) is 11.3. The van der Waals surface area contributed by atoms with Crippen LogP contribution in [0.5, 0.6) is 0 Å². The van der Waals surface area contributed by atoms with Crippen molar-refractivity contribution in [3.05, 3.63) is 24.3 Å². The number of ether oxygens (including phenoxy) is 4. The van der Waals surface area contributed by atoms with Gasteiger partial charge in [-0.1, -0.05) is 76.7 Å². The van der Waals surface area contributed by atoms with Crippen LogP contribution in [0.4, 0.5) is 0 Å². The molecule has 0 aromatic carbocycles. The predicted octanol–water partition coefficient (Wildman–Crippen LogP) is 3.39. The molecule has 13 heteroatoms. The quantitative estimate of drug-likeness (QED) is 0.0533. The van der Waals surface area contributed by atoms with Crippen molar-refractivity contribution in [2.24, 2.45) is 0 Å². The third-order valence-corrected chi connectivity index (χ3v) is 7.10. The molecule has 0 aromatic rings. The minimum Gasteiger partial charge on any atom is -0.457 e. The fourth-order valence-electron chi connectivity index (χ4n) is 4.25. The summed E-state index contributed by atoms with van der Waals surface area (Å²) in [6.45, 7) is 3.27. The lowest BCUT2D eigenvalue weighted by Gasteiger charge is -2.41. The van der Waals surface area contributed by atoms with Crippen LogP contribution in [-0.2, 0) is 38.3 Å². The van der Waals surface area contributed by atoms with Crippen LogP contribution < -0.4 is 0 Å². The van der Waals surface area contributed by atoms with E-state index in [0.717, 1.165) is 44.9 Å². The van der Waals surface area contributed by atoms with E-state index in [1.807, 2.05) is 0 Å². The van der Waals surface area contributed by atoms with Crippen molar-refractivity contribution in [2.75, 3.05) is 26.4 Å². The molecule has 1 aliphatic heterocycles. The van der Waals surface area contributed by atoms with Gasteiger partial charge in [-0.05, 0) is 32.1 Å². The zero-order chi connectivity index (χ0) is 31.2. The number of esters is 1. The van der Waals surface area contributed by atoms with Crippen LogP contribution in [-0.4, -0.2) is 97.5 Å². The van der Waals surface area contributed by atoms with Crippen molar-refractivity contribution >= 4 is 16.4 Å². The zero-order valence-corrected chi connectivity index (χ0v) is 25.9. The Morgan fingerprint density at radius 1 is 0.905 bits per heavy atom. The maximum atomic E-state index is 11.9. The molecule has 0 saturated carbocycles. The third-order valence-electron chi connectivity index (χ3n) is 6.63. The summed E-state index contributed by atoms with van der Waals surface area (Å²) in [5.74, 6) is -0.494. The maximum Gasteiger partial charge on any atom is 0.397 e. The minimum absolute atomic E-state index is 0.0195. The molecule has 0 aliphatic carbocycles. The van der Waals surface area contributed by atoms with E-state index in [4.69, 9.17) is 23.5 Å². The van der Waals surface area contributed by atoms with Gasteiger partial charge in [0.1, 0.15) is 30.5 Å². The fourth-order valence-corrected chi connectivity index (χ4v) is 4.76. The van der Waals surface area contributed by atoms with Crippen LogP contribution in [0.25, 0.3) is 0 Å². The van der Waals surface area contributed by atoms with Crippen LogP contribution in [0, 0.1) is 0 Å². The van der Waals surface area contributed by atoms with Gasteiger partial charge in [-0.15, -0.1) is 0 Å². The monoisotopic (exact) mass is 624 g/mol. The molecule has 0 aromatic heterocycles. The molecule has 4 N–H and O–H groups in total. The second kappa shape index (κ2) is 23.0. The molecule has 1 saturated heterocycles. The van der Waals surface area contributed by atoms with E-state index in [2.05, 4.69) is 35.4 Å². The predicted molar refractivity (Wildman–Crippen MR) is 156 cm³/mol. The normalized spacial score (nSPS) is 24.0. The van der Waals surface area contributed by atoms with Crippen LogP contribution in [0.2, 0.25) is 0 Å². The third kappa shape index (κ3) is 17.6. The highest BCUT2D eigenvalue weighted by Gasteiger charge is 2.48. The van der Waals surface area contributed by atoms with Gasteiger partial charge in [0.2, 0.25) is 0 Å². The molecule has 1 heterocycles. The maximum absolute atomic E-state index is 11.9. The summed E-state index contributed by atoms with van der Waals surface area (Å²) in [5, 5.41) is 30.0. The van der Waals surface area contributed by atoms with E-state index >= 15 is 0 Å². The van der Waals surface area contributed by atoms with E-state index in [1.165, 1.54) is 25.7 Å². The van der Waals surface area contributed by atoms with Gasteiger partial charge in [0, 0.05) is 13.0 Å². The molecule has 6 unspecified atom stereocenters. The Morgan fingerprint density at radius 2 is 1.55 bits per heavy atom. The van der Waals surface area contributed by atoms with E-state index in [0.29, 0.717) is 6.61 Å². The van der Waals surface area contributed by atoms with Crippen molar-refractivity contribution in [3.8, 4) is 0 Å².